The van der Waals surface area contributed by atoms with E-state index in [0.717, 1.165) is 6.54 Å². The van der Waals surface area contributed by atoms with E-state index in [9.17, 15) is 9.59 Å². The standard InChI is InChI=1S/C14H19N3O3/c1-2-17(9-10-3-4-10)14(20)16-8-12-7-11(13(18)19)5-6-15-12/h5-7,10H,2-4,8-9H2,1H3,(H,16,20)(H,18,19). The lowest BCUT2D eigenvalue weighted by molar-refractivity contribution is 0.0696. The fourth-order valence-electron chi connectivity index (χ4n) is 1.95. The second kappa shape index (κ2) is 6.36. The first-order chi connectivity index (χ1) is 9.60. The summed E-state index contributed by atoms with van der Waals surface area (Å²) in [5.74, 6) is -0.349. The molecule has 0 aliphatic heterocycles. The van der Waals surface area contributed by atoms with Gasteiger partial charge in [-0.25, -0.2) is 9.59 Å². The third-order valence-corrected chi connectivity index (χ3v) is 3.33. The van der Waals surface area contributed by atoms with E-state index in [4.69, 9.17) is 5.11 Å². The van der Waals surface area contributed by atoms with Crippen LogP contribution in [0.25, 0.3) is 0 Å². The largest absolute Gasteiger partial charge is 0.478 e. The quantitative estimate of drug-likeness (QED) is 0.829. The van der Waals surface area contributed by atoms with Crippen LogP contribution in [0.15, 0.2) is 18.3 Å². The first-order valence-electron chi connectivity index (χ1n) is 6.81. The maximum atomic E-state index is 12.0. The zero-order valence-electron chi connectivity index (χ0n) is 11.5. The van der Waals surface area contributed by atoms with Gasteiger partial charge in [-0.05, 0) is 37.8 Å². The minimum absolute atomic E-state index is 0.123. The van der Waals surface area contributed by atoms with Crippen LogP contribution in [0, 0.1) is 5.92 Å². The number of nitrogens with one attached hydrogen (secondary N) is 1. The Bertz CT molecular complexity index is 500. The number of amides is 2. The Hall–Kier alpha value is -2.11. The Morgan fingerprint density at radius 3 is 2.85 bits per heavy atom. The molecule has 1 aromatic heterocycles. The van der Waals surface area contributed by atoms with E-state index in [-0.39, 0.29) is 18.1 Å². The van der Waals surface area contributed by atoms with Crippen molar-refractivity contribution in [3.05, 3.63) is 29.6 Å². The molecule has 2 amide bonds. The van der Waals surface area contributed by atoms with Gasteiger partial charge in [-0.15, -0.1) is 0 Å². The van der Waals surface area contributed by atoms with Crippen molar-refractivity contribution in [1.82, 2.24) is 15.2 Å². The van der Waals surface area contributed by atoms with Crippen LogP contribution >= 0.6 is 0 Å². The van der Waals surface area contributed by atoms with E-state index in [1.165, 1.54) is 31.2 Å². The van der Waals surface area contributed by atoms with E-state index < -0.39 is 5.97 Å². The van der Waals surface area contributed by atoms with Crippen molar-refractivity contribution in [3.63, 3.8) is 0 Å². The average Bonchev–Trinajstić information content (AvgIpc) is 3.26. The SMILES string of the molecule is CCN(CC1CC1)C(=O)NCc1cc(C(=O)O)ccn1. The van der Waals surface area contributed by atoms with E-state index in [0.29, 0.717) is 18.2 Å². The Morgan fingerprint density at radius 1 is 1.50 bits per heavy atom. The molecule has 6 heteroatoms. The smallest absolute Gasteiger partial charge is 0.335 e. The topological polar surface area (TPSA) is 82.5 Å². The van der Waals surface area contributed by atoms with E-state index in [1.807, 2.05) is 6.92 Å². The number of nitrogens with zero attached hydrogens (tertiary/aromatic N) is 2. The average molecular weight is 277 g/mol. The molecule has 20 heavy (non-hydrogen) atoms. The first kappa shape index (κ1) is 14.3. The molecular formula is C14H19N3O3. The summed E-state index contributed by atoms with van der Waals surface area (Å²) in [6.07, 6.45) is 3.84. The van der Waals surface area contributed by atoms with Crippen LogP contribution in [0.4, 0.5) is 4.79 Å². The fourth-order valence-corrected chi connectivity index (χ4v) is 1.95. The van der Waals surface area contributed by atoms with Crippen LogP contribution in [0.5, 0.6) is 0 Å². The number of carboxylic acid groups (broad SMARTS) is 1. The number of carboxylic acids is 1. The predicted octanol–water partition coefficient (Wildman–Crippen LogP) is 1.72. The lowest BCUT2D eigenvalue weighted by atomic mass is 10.2. The number of hydrogen-bond acceptors (Lipinski definition) is 3. The summed E-state index contributed by atoms with van der Waals surface area (Å²) in [5, 5.41) is 11.7. The molecule has 0 unspecified atom stereocenters. The molecule has 0 radical (unpaired) electrons. The van der Waals surface area contributed by atoms with Crippen molar-refractivity contribution in [2.75, 3.05) is 13.1 Å². The molecule has 0 spiro atoms. The maximum absolute atomic E-state index is 12.0. The van der Waals surface area contributed by atoms with Crippen molar-refractivity contribution < 1.29 is 14.7 Å². The predicted molar refractivity (Wildman–Crippen MR) is 73.4 cm³/mol. The van der Waals surface area contributed by atoms with Gasteiger partial charge in [0.15, 0.2) is 0 Å². The van der Waals surface area contributed by atoms with Gasteiger partial charge in [-0.3, -0.25) is 4.98 Å². The van der Waals surface area contributed by atoms with Crippen LogP contribution < -0.4 is 5.32 Å². The number of rotatable bonds is 6. The normalized spacial score (nSPS) is 13.8. The van der Waals surface area contributed by atoms with Gasteiger partial charge in [-0.1, -0.05) is 0 Å². The van der Waals surface area contributed by atoms with E-state index in [2.05, 4.69) is 10.3 Å². The highest BCUT2D eigenvalue weighted by molar-refractivity contribution is 5.87. The Morgan fingerprint density at radius 2 is 2.25 bits per heavy atom. The third kappa shape index (κ3) is 3.94. The number of aromatic carboxylic acids is 1. The molecule has 6 nitrogen and oxygen atoms in total. The molecule has 1 aromatic rings. The highest BCUT2D eigenvalue weighted by atomic mass is 16.4. The summed E-state index contributed by atoms with van der Waals surface area (Å²) in [6, 6.07) is 2.78. The number of pyridine rings is 1. The zero-order chi connectivity index (χ0) is 14.5. The second-order valence-electron chi connectivity index (χ2n) is 4.98. The number of hydrogen-bond donors (Lipinski definition) is 2. The summed E-state index contributed by atoms with van der Waals surface area (Å²) in [5.41, 5.74) is 0.718. The van der Waals surface area contributed by atoms with Crippen molar-refractivity contribution >= 4 is 12.0 Å². The monoisotopic (exact) mass is 277 g/mol. The van der Waals surface area contributed by atoms with Gasteiger partial charge in [0.25, 0.3) is 0 Å². The van der Waals surface area contributed by atoms with Crippen molar-refractivity contribution in [2.45, 2.75) is 26.3 Å². The van der Waals surface area contributed by atoms with Gasteiger partial charge in [0.2, 0.25) is 0 Å². The minimum atomic E-state index is -0.996. The molecule has 1 aliphatic carbocycles. The third-order valence-electron chi connectivity index (χ3n) is 3.33. The number of carbonyl (C=O) groups excluding carboxylic acids is 1. The second-order valence-corrected chi connectivity index (χ2v) is 4.98. The molecular weight excluding hydrogens is 258 g/mol. The summed E-state index contributed by atoms with van der Waals surface area (Å²) in [6.45, 7) is 3.65. The summed E-state index contributed by atoms with van der Waals surface area (Å²) in [7, 11) is 0. The molecule has 1 heterocycles. The number of carbonyl (C=O) groups is 2. The van der Waals surface area contributed by atoms with Crippen molar-refractivity contribution in [3.8, 4) is 0 Å². The lowest BCUT2D eigenvalue weighted by Crippen LogP contribution is -2.40. The highest BCUT2D eigenvalue weighted by Gasteiger charge is 2.25. The van der Waals surface area contributed by atoms with Gasteiger partial charge in [0, 0.05) is 19.3 Å². The minimum Gasteiger partial charge on any atom is -0.478 e. The number of aromatic nitrogens is 1. The van der Waals surface area contributed by atoms with Gasteiger partial charge in [0.05, 0.1) is 17.8 Å². The molecule has 1 saturated carbocycles. The highest BCUT2D eigenvalue weighted by Crippen LogP contribution is 2.29. The van der Waals surface area contributed by atoms with E-state index >= 15 is 0 Å². The van der Waals surface area contributed by atoms with Crippen LogP contribution in [0.2, 0.25) is 0 Å². The molecule has 1 fully saturated rings. The molecule has 0 atom stereocenters. The number of urea groups is 1. The zero-order valence-corrected chi connectivity index (χ0v) is 11.5. The summed E-state index contributed by atoms with van der Waals surface area (Å²) >= 11 is 0. The summed E-state index contributed by atoms with van der Waals surface area (Å²) in [4.78, 5) is 28.7. The fraction of sp³-hybridized carbons (Fsp3) is 0.500. The Balaban J connectivity index is 1.88. The molecule has 0 bridgehead atoms. The van der Waals surface area contributed by atoms with Crippen molar-refractivity contribution in [2.24, 2.45) is 5.92 Å². The van der Waals surface area contributed by atoms with Gasteiger partial charge < -0.3 is 15.3 Å². The lowest BCUT2D eigenvalue weighted by Gasteiger charge is -2.21. The van der Waals surface area contributed by atoms with Gasteiger partial charge >= 0.3 is 12.0 Å². The van der Waals surface area contributed by atoms with Crippen LogP contribution in [-0.2, 0) is 6.54 Å². The maximum Gasteiger partial charge on any atom is 0.335 e. The molecule has 108 valence electrons. The molecule has 2 N–H and O–H groups in total. The van der Waals surface area contributed by atoms with Gasteiger partial charge in [-0.2, -0.15) is 0 Å². The molecule has 2 rings (SSSR count). The van der Waals surface area contributed by atoms with Crippen molar-refractivity contribution in [1.29, 1.82) is 0 Å². The van der Waals surface area contributed by atoms with Crippen LogP contribution in [0.3, 0.4) is 0 Å². The molecule has 0 saturated heterocycles. The van der Waals surface area contributed by atoms with E-state index in [1.54, 1.807) is 4.90 Å². The van der Waals surface area contributed by atoms with Crippen LogP contribution in [-0.4, -0.2) is 40.1 Å². The molecule has 0 aromatic carbocycles. The molecule has 1 aliphatic rings. The Kier molecular flexibility index (Phi) is 4.55. The Labute approximate surface area is 117 Å². The first-order valence-corrected chi connectivity index (χ1v) is 6.81. The summed E-state index contributed by atoms with van der Waals surface area (Å²) < 4.78 is 0. The van der Waals surface area contributed by atoms with Gasteiger partial charge in [0.1, 0.15) is 0 Å². The van der Waals surface area contributed by atoms with Crippen LogP contribution in [0.1, 0.15) is 35.8 Å².